The fourth-order valence-electron chi connectivity index (χ4n) is 1.07. The monoisotopic (exact) mass is 212 g/mol. The van der Waals surface area contributed by atoms with E-state index in [-0.39, 0.29) is 18.3 Å². The lowest BCUT2D eigenvalue weighted by Gasteiger charge is -2.12. The summed E-state index contributed by atoms with van der Waals surface area (Å²) in [6, 6.07) is 5.46. The van der Waals surface area contributed by atoms with Crippen molar-refractivity contribution in [3.63, 3.8) is 0 Å². The SMILES string of the molecule is COC(CN)C(=O)Nc1ccc(F)cc1. The van der Waals surface area contributed by atoms with Crippen LogP contribution >= 0.6 is 0 Å². The first-order valence-electron chi connectivity index (χ1n) is 4.46. The predicted molar refractivity (Wildman–Crippen MR) is 54.9 cm³/mol. The van der Waals surface area contributed by atoms with Crippen molar-refractivity contribution in [2.45, 2.75) is 6.10 Å². The molecular formula is C10H13FN2O2. The van der Waals surface area contributed by atoms with Crippen LogP contribution < -0.4 is 11.1 Å². The first-order chi connectivity index (χ1) is 7.17. The number of benzene rings is 1. The standard InChI is InChI=1S/C10H13FN2O2/c1-15-9(6-12)10(14)13-8-4-2-7(11)3-5-8/h2-5,9H,6,12H2,1H3,(H,13,14). The van der Waals surface area contributed by atoms with Gasteiger partial charge in [-0.15, -0.1) is 0 Å². The minimum Gasteiger partial charge on any atom is -0.370 e. The third-order valence-corrected chi connectivity index (χ3v) is 1.90. The van der Waals surface area contributed by atoms with Crippen LogP contribution in [0.15, 0.2) is 24.3 Å². The molecule has 5 heteroatoms. The van der Waals surface area contributed by atoms with Gasteiger partial charge in [0.15, 0.2) is 0 Å². The van der Waals surface area contributed by atoms with Gasteiger partial charge >= 0.3 is 0 Å². The Hall–Kier alpha value is -1.46. The summed E-state index contributed by atoms with van der Waals surface area (Å²) in [6.07, 6.45) is -0.685. The quantitative estimate of drug-likeness (QED) is 0.773. The van der Waals surface area contributed by atoms with Crippen molar-refractivity contribution in [2.75, 3.05) is 19.0 Å². The van der Waals surface area contributed by atoms with E-state index in [0.29, 0.717) is 5.69 Å². The highest BCUT2D eigenvalue weighted by atomic mass is 19.1. The zero-order chi connectivity index (χ0) is 11.3. The normalized spacial score (nSPS) is 12.2. The van der Waals surface area contributed by atoms with E-state index in [1.807, 2.05) is 0 Å². The van der Waals surface area contributed by atoms with Gasteiger partial charge in [-0.3, -0.25) is 4.79 Å². The van der Waals surface area contributed by atoms with Gasteiger partial charge in [0, 0.05) is 19.3 Å². The number of hydrogen-bond donors (Lipinski definition) is 2. The van der Waals surface area contributed by atoms with Crippen molar-refractivity contribution in [3.8, 4) is 0 Å². The van der Waals surface area contributed by atoms with Crippen LogP contribution in [0.25, 0.3) is 0 Å². The molecule has 3 N–H and O–H groups in total. The highest BCUT2D eigenvalue weighted by molar-refractivity contribution is 5.94. The fraction of sp³-hybridized carbons (Fsp3) is 0.300. The molecule has 1 aromatic carbocycles. The van der Waals surface area contributed by atoms with Crippen molar-refractivity contribution < 1.29 is 13.9 Å². The number of anilines is 1. The number of nitrogens with two attached hydrogens (primary N) is 1. The number of halogens is 1. The van der Waals surface area contributed by atoms with E-state index in [0.717, 1.165) is 0 Å². The molecule has 0 bridgehead atoms. The van der Waals surface area contributed by atoms with Gasteiger partial charge in [0.2, 0.25) is 0 Å². The van der Waals surface area contributed by atoms with Gasteiger partial charge < -0.3 is 15.8 Å². The Balaban J connectivity index is 2.61. The second-order valence-electron chi connectivity index (χ2n) is 2.96. The average molecular weight is 212 g/mol. The molecule has 0 radical (unpaired) electrons. The topological polar surface area (TPSA) is 64.3 Å². The Bertz CT molecular complexity index is 323. The van der Waals surface area contributed by atoms with Gasteiger partial charge in [0.25, 0.3) is 5.91 Å². The molecule has 15 heavy (non-hydrogen) atoms. The first-order valence-corrected chi connectivity index (χ1v) is 4.46. The number of carbonyl (C=O) groups excluding carboxylic acids is 1. The zero-order valence-corrected chi connectivity index (χ0v) is 8.37. The van der Waals surface area contributed by atoms with Crippen molar-refractivity contribution >= 4 is 11.6 Å². The molecule has 1 rings (SSSR count). The highest BCUT2D eigenvalue weighted by Crippen LogP contribution is 2.08. The number of amides is 1. The van der Waals surface area contributed by atoms with Gasteiger partial charge in [-0.2, -0.15) is 0 Å². The van der Waals surface area contributed by atoms with Crippen LogP contribution in [0.2, 0.25) is 0 Å². The van der Waals surface area contributed by atoms with E-state index in [2.05, 4.69) is 5.32 Å². The lowest BCUT2D eigenvalue weighted by Crippen LogP contribution is -2.35. The minimum atomic E-state index is -0.685. The first kappa shape index (κ1) is 11.6. The molecule has 1 aromatic rings. The number of carbonyl (C=O) groups is 1. The number of ether oxygens (including phenoxy) is 1. The summed E-state index contributed by atoms with van der Waals surface area (Å²) in [5.41, 5.74) is 5.83. The van der Waals surface area contributed by atoms with Crippen LogP contribution in [0.4, 0.5) is 10.1 Å². The highest BCUT2D eigenvalue weighted by Gasteiger charge is 2.15. The maximum Gasteiger partial charge on any atom is 0.254 e. The van der Waals surface area contributed by atoms with Crippen LogP contribution in [0.3, 0.4) is 0 Å². The van der Waals surface area contributed by atoms with Crippen molar-refractivity contribution in [3.05, 3.63) is 30.1 Å². The fourth-order valence-corrected chi connectivity index (χ4v) is 1.07. The molecule has 0 spiro atoms. The molecule has 1 unspecified atom stereocenters. The average Bonchev–Trinajstić information content (AvgIpc) is 2.23. The number of nitrogens with one attached hydrogen (secondary N) is 1. The molecule has 0 saturated heterocycles. The van der Waals surface area contributed by atoms with E-state index in [4.69, 9.17) is 10.5 Å². The van der Waals surface area contributed by atoms with Crippen LogP contribution in [-0.4, -0.2) is 25.7 Å². The summed E-state index contributed by atoms with van der Waals surface area (Å²) in [5.74, 6) is -0.693. The van der Waals surface area contributed by atoms with E-state index in [9.17, 15) is 9.18 Å². The van der Waals surface area contributed by atoms with Gasteiger partial charge in [0.05, 0.1) is 0 Å². The Kier molecular flexibility index (Phi) is 4.20. The van der Waals surface area contributed by atoms with Gasteiger partial charge in [0.1, 0.15) is 11.9 Å². The summed E-state index contributed by atoms with van der Waals surface area (Å²) < 4.78 is 17.4. The minimum absolute atomic E-state index is 0.101. The number of hydrogen-bond acceptors (Lipinski definition) is 3. The Labute approximate surface area is 87.2 Å². The molecule has 0 aliphatic carbocycles. The van der Waals surface area contributed by atoms with Gasteiger partial charge in [-0.05, 0) is 24.3 Å². The molecule has 0 fully saturated rings. The Morgan fingerprint density at radius 3 is 2.60 bits per heavy atom. The molecule has 4 nitrogen and oxygen atoms in total. The third kappa shape index (κ3) is 3.30. The van der Waals surface area contributed by atoms with Crippen LogP contribution in [0, 0.1) is 5.82 Å². The van der Waals surface area contributed by atoms with Crippen molar-refractivity contribution in [2.24, 2.45) is 5.73 Å². The summed E-state index contributed by atoms with van der Waals surface area (Å²) in [4.78, 5) is 11.4. The van der Waals surface area contributed by atoms with Crippen molar-refractivity contribution in [1.29, 1.82) is 0 Å². The smallest absolute Gasteiger partial charge is 0.254 e. The second-order valence-corrected chi connectivity index (χ2v) is 2.96. The molecule has 1 atom stereocenters. The van der Waals surface area contributed by atoms with Gasteiger partial charge in [-0.1, -0.05) is 0 Å². The number of methoxy groups -OCH3 is 1. The summed E-state index contributed by atoms with van der Waals surface area (Å²) in [7, 11) is 1.40. The van der Waals surface area contributed by atoms with Gasteiger partial charge in [-0.25, -0.2) is 4.39 Å². The molecule has 0 aromatic heterocycles. The van der Waals surface area contributed by atoms with Crippen LogP contribution in [0.1, 0.15) is 0 Å². The molecule has 0 heterocycles. The maximum atomic E-state index is 12.6. The molecule has 0 aliphatic heterocycles. The lowest BCUT2D eigenvalue weighted by atomic mass is 10.3. The molecule has 82 valence electrons. The summed E-state index contributed by atoms with van der Waals surface area (Å²) in [6.45, 7) is 0.101. The zero-order valence-electron chi connectivity index (χ0n) is 8.37. The Morgan fingerprint density at radius 1 is 1.53 bits per heavy atom. The predicted octanol–water partition coefficient (Wildman–Crippen LogP) is 0.738. The van der Waals surface area contributed by atoms with Crippen LogP contribution in [0.5, 0.6) is 0 Å². The van der Waals surface area contributed by atoms with E-state index in [1.165, 1.54) is 31.4 Å². The number of rotatable bonds is 4. The van der Waals surface area contributed by atoms with E-state index in [1.54, 1.807) is 0 Å². The summed E-state index contributed by atoms with van der Waals surface area (Å²) >= 11 is 0. The van der Waals surface area contributed by atoms with Crippen LogP contribution in [-0.2, 0) is 9.53 Å². The van der Waals surface area contributed by atoms with E-state index >= 15 is 0 Å². The summed E-state index contributed by atoms with van der Waals surface area (Å²) in [5, 5.41) is 2.56. The second kappa shape index (κ2) is 5.43. The molecule has 1 amide bonds. The molecule has 0 saturated carbocycles. The lowest BCUT2D eigenvalue weighted by molar-refractivity contribution is -0.125. The third-order valence-electron chi connectivity index (χ3n) is 1.90. The largest absolute Gasteiger partial charge is 0.370 e. The Morgan fingerprint density at radius 2 is 2.13 bits per heavy atom. The molecular weight excluding hydrogens is 199 g/mol. The van der Waals surface area contributed by atoms with E-state index < -0.39 is 6.10 Å². The van der Waals surface area contributed by atoms with Crippen molar-refractivity contribution in [1.82, 2.24) is 0 Å². The molecule has 0 aliphatic rings. The maximum absolute atomic E-state index is 12.6.